The first-order chi connectivity index (χ1) is 13.1. The average Bonchev–Trinajstić information content (AvgIpc) is 2.95. The Labute approximate surface area is 169 Å². The van der Waals surface area contributed by atoms with Crippen LogP contribution in [0.1, 0.15) is 18.1 Å². The second kappa shape index (κ2) is 9.06. The molecule has 0 aliphatic carbocycles. The monoisotopic (exact) mass is 399 g/mol. The van der Waals surface area contributed by atoms with Gasteiger partial charge in [-0.05, 0) is 42.7 Å². The van der Waals surface area contributed by atoms with E-state index in [4.69, 9.17) is 21.7 Å². The molecule has 0 bridgehead atoms. The number of thioether (sulfide) groups is 1. The first kappa shape index (κ1) is 19.5. The van der Waals surface area contributed by atoms with Gasteiger partial charge in [-0.25, -0.2) is 0 Å². The molecule has 0 unspecified atom stereocenters. The van der Waals surface area contributed by atoms with Gasteiger partial charge in [0, 0.05) is 6.54 Å². The summed E-state index contributed by atoms with van der Waals surface area (Å²) in [5.41, 5.74) is 2.06. The van der Waals surface area contributed by atoms with Crippen molar-refractivity contribution in [2.24, 2.45) is 0 Å². The van der Waals surface area contributed by atoms with E-state index >= 15 is 0 Å². The number of hydrogen-bond donors (Lipinski definition) is 0. The van der Waals surface area contributed by atoms with Crippen LogP contribution in [0.3, 0.4) is 0 Å². The minimum atomic E-state index is -0.0474. The SMILES string of the molecule is CCOc1ccc(/C=C2\SC(=S)N(CCc3ccccc3)C2=O)cc1OC. The number of carbonyl (C=O) groups is 1. The Morgan fingerprint density at radius 2 is 1.93 bits per heavy atom. The summed E-state index contributed by atoms with van der Waals surface area (Å²) in [6.45, 7) is 3.07. The molecule has 1 amide bonds. The molecular weight excluding hydrogens is 378 g/mol. The molecule has 1 aliphatic heterocycles. The Kier molecular flexibility index (Phi) is 6.53. The Hall–Kier alpha value is -2.31. The van der Waals surface area contributed by atoms with Crippen LogP contribution < -0.4 is 9.47 Å². The van der Waals surface area contributed by atoms with Crippen LogP contribution in [0.25, 0.3) is 6.08 Å². The number of rotatable bonds is 7. The van der Waals surface area contributed by atoms with Gasteiger partial charge in [-0.1, -0.05) is 60.4 Å². The molecule has 0 saturated carbocycles. The lowest BCUT2D eigenvalue weighted by Crippen LogP contribution is -2.30. The van der Waals surface area contributed by atoms with Gasteiger partial charge < -0.3 is 9.47 Å². The zero-order valence-corrected chi connectivity index (χ0v) is 16.9. The van der Waals surface area contributed by atoms with Gasteiger partial charge in [-0.3, -0.25) is 9.69 Å². The van der Waals surface area contributed by atoms with Crippen LogP contribution in [-0.2, 0) is 11.2 Å². The normalized spacial score (nSPS) is 15.5. The molecule has 27 heavy (non-hydrogen) atoms. The van der Waals surface area contributed by atoms with Crippen molar-refractivity contribution >= 4 is 40.3 Å². The fraction of sp³-hybridized carbons (Fsp3) is 0.238. The predicted molar refractivity (Wildman–Crippen MR) is 114 cm³/mol. The third-order valence-electron chi connectivity index (χ3n) is 4.13. The van der Waals surface area contributed by atoms with E-state index in [1.54, 1.807) is 12.0 Å². The number of thiocarbonyl (C=S) groups is 1. The summed E-state index contributed by atoms with van der Waals surface area (Å²) in [6, 6.07) is 15.7. The fourth-order valence-corrected chi connectivity index (χ4v) is 4.09. The van der Waals surface area contributed by atoms with Crippen molar-refractivity contribution < 1.29 is 14.3 Å². The van der Waals surface area contributed by atoms with Crippen molar-refractivity contribution in [1.82, 2.24) is 4.90 Å². The van der Waals surface area contributed by atoms with Crippen molar-refractivity contribution in [2.75, 3.05) is 20.3 Å². The number of amides is 1. The standard InChI is InChI=1S/C21H21NO3S2/c1-3-25-17-10-9-16(13-18(17)24-2)14-19-20(23)22(21(26)27-19)12-11-15-7-5-4-6-8-15/h4-10,13-14H,3,11-12H2,1-2H3/b19-14-. The van der Waals surface area contributed by atoms with E-state index in [1.807, 2.05) is 49.4 Å². The Bertz CT molecular complexity index is 865. The maximum Gasteiger partial charge on any atom is 0.266 e. The number of nitrogens with zero attached hydrogens (tertiary/aromatic N) is 1. The summed E-state index contributed by atoms with van der Waals surface area (Å²) in [4.78, 5) is 15.1. The predicted octanol–water partition coefficient (Wildman–Crippen LogP) is 4.54. The summed E-state index contributed by atoms with van der Waals surface area (Å²) in [5.74, 6) is 1.28. The topological polar surface area (TPSA) is 38.8 Å². The van der Waals surface area contributed by atoms with E-state index < -0.39 is 0 Å². The molecule has 6 heteroatoms. The quantitative estimate of drug-likeness (QED) is 0.505. The van der Waals surface area contributed by atoms with E-state index in [1.165, 1.54) is 17.3 Å². The number of carbonyl (C=O) groups excluding carboxylic acids is 1. The molecule has 4 nitrogen and oxygen atoms in total. The van der Waals surface area contributed by atoms with Crippen LogP contribution in [0, 0.1) is 0 Å². The van der Waals surface area contributed by atoms with Gasteiger partial charge in [0.2, 0.25) is 0 Å². The Morgan fingerprint density at radius 1 is 1.15 bits per heavy atom. The van der Waals surface area contributed by atoms with Crippen molar-refractivity contribution in [3.63, 3.8) is 0 Å². The molecule has 140 valence electrons. The van der Waals surface area contributed by atoms with E-state index in [2.05, 4.69) is 12.1 Å². The van der Waals surface area contributed by atoms with Gasteiger partial charge in [-0.2, -0.15) is 0 Å². The molecule has 2 aromatic carbocycles. The molecule has 1 saturated heterocycles. The molecule has 1 fully saturated rings. The molecular formula is C21H21NO3S2. The largest absolute Gasteiger partial charge is 0.493 e. The second-order valence-corrected chi connectivity index (χ2v) is 7.59. The van der Waals surface area contributed by atoms with Gasteiger partial charge >= 0.3 is 0 Å². The first-order valence-electron chi connectivity index (χ1n) is 8.72. The highest BCUT2D eigenvalue weighted by Crippen LogP contribution is 2.34. The zero-order valence-electron chi connectivity index (χ0n) is 15.3. The van der Waals surface area contributed by atoms with Crippen LogP contribution >= 0.6 is 24.0 Å². The molecule has 3 rings (SSSR count). The summed E-state index contributed by atoms with van der Waals surface area (Å²) in [7, 11) is 1.60. The van der Waals surface area contributed by atoms with Crippen molar-refractivity contribution in [2.45, 2.75) is 13.3 Å². The van der Waals surface area contributed by atoms with Gasteiger partial charge in [-0.15, -0.1) is 0 Å². The van der Waals surface area contributed by atoms with Gasteiger partial charge in [0.25, 0.3) is 5.91 Å². The van der Waals surface area contributed by atoms with Crippen LogP contribution in [0.5, 0.6) is 11.5 Å². The zero-order chi connectivity index (χ0) is 19.2. The van der Waals surface area contributed by atoms with Crippen LogP contribution in [0.4, 0.5) is 0 Å². The average molecular weight is 400 g/mol. The maximum absolute atomic E-state index is 12.8. The van der Waals surface area contributed by atoms with E-state index in [-0.39, 0.29) is 5.91 Å². The third-order valence-corrected chi connectivity index (χ3v) is 5.50. The van der Waals surface area contributed by atoms with Crippen molar-refractivity contribution in [3.05, 3.63) is 64.6 Å². The fourth-order valence-electron chi connectivity index (χ4n) is 2.78. The number of hydrogen-bond acceptors (Lipinski definition) is 5. The van der Waals surface area contributed by atoms with Crippen LogP contribution in [-0.4, -0.2) is 35.4 Å². The van der Waals surface area contributed by atoms with Gasteiger partial charge in [0.1, 0.15) is 4.32 Å². The van der Waals surface area contributed by atoms with Crippen molar-refractivity contribution in [3.8, 4) is 11.5 Å². The van der Waals surface area contributed by atoms with E-state index in [0.717, 1.165) is 12.0 Å². The highest BCUT2D eigenvalue weighted by atomic mass is 32.2. The minimum Gasteiger partial charge on any atom is -0.493 e. The molecule has 0 atom stereocenters. The van der Waals surface area contributed by atoms with Gasteiger partial charge in [0.15, 0.2) is 11.5 Å². The summed E-state index contributed by atoms with van der Waals surface area (Å²) in [6.07, 6.45) is 2.62. The summed E-state index contributed by atoms with van der Waals surface area (Å²) in [5, 5.41) is 0. The number of ether oxygens (including phenoxy) is 2. The Morgan fingerprint density at radius 3 is 2.63 bits per heavy atom. The molecule has 1 aliphatic rings. The van der Waals surface area contributed by atoms with Crippen molar-refractivity contribution in [1.29, 1.82) is 0 Å². The third kappa shape index (κ3) is 4.70. The van der Waals surface area contributed by atoms with E-state index in [9.17, 15) is 4.79 Å². The summed E-state index contributed by atoms with van der Waals surface area (Å²) < 4.78 is 11.5. The van der Waals surface area contributed by atoms with Gasteiger partial charge in [0.05, 0.1) is 18.6 Å². The lowest BCUT2D eigenvalue weighted by Gasteiger charge is -2.14. The Balaban J connectivity index is 1.74. The molecule has 0 N–H and O–H groups in total. The summed E-state index contributed by atoms with van der Waals surface area (Å²) >= 11 is 6.75. The molecule has 0 aromatic heterocycles. The lowest BCUT2D eigenvalue weighted by molar-refractivity contribution is -0.122. The molecule has 0 radical (unpaired) electrons. The first-order valence-corrected chi connectivity index (χ1v) is 9.95. The second-order valence-electron chi connectivity index (χ2n) is 5.91. The lowest BCUT2D eigenvalue weighted by atomic mass is 10.1. The minimum absolute atomic E-state index is 0.0474. The maximum atomic E-state index is 12.8. The smallest absolute Gasteiger partial charge is 0.266 e. The van der Waals surface area contributed by atoms with Crippen LogP contribution in [0.2, 0.25) is 0 Å². The molecule has 1 heterocycles. The highest BCUT2D eigenvalue weighted by Gasteiger charge is 2.31. The number of methoxy groups -OCH3 is 1. The van der Waals surface area contributed by atoms with Crippen LogP contribution in [0.15, 0.2) is 53.4 Å². The highest BCUT2D eigenvalue weighted by molar-refractivity contribution is 8.26. The van der Waals surface area contributed by atoms with E-state index in [0.29, 0.717) is 33.9 Å². The molecule has 0 spiro atoms. The number of benzene rings is 2. The molecule has 2 aromatic rings.